The van der Waals surface area contributed by atoms with Crippen LogP contribution >= 0.6 is 35.7 Å². The van der Waals surface area contributed by atoms with Gasteiger partial charge in [0.05, 0.1) is 11.4 Å². The molecule has 0 spiro atoms. The SMILES string of the molecule is CCN1C(=C2SC(=S)N(CCS(=O)(=O)O)C2=O)Sc2ccccc21.[KH]. The first-order chi connectivity index (χ1) is 11.3. The van der Waals surface area contributed by atoms with Gasteiger partial charge in [0.15, 0.2) is 0 Å². The van der Waals surface area contributed by atoms with Crippen molar-refractivity contribution in [3.63, 3.8) is 0 Å². The van der Waals surface area contributed by atoms with Gasteiger partial charge in [-0.25, -0.2) is 0 Å². The van der Waals surface area contributed by atoms with Gasteiger partial charge in [0, 0.05) is 18.0 Å². The Morgan fingerprint density at radius 1 is 1.20 bits per heavy atom. The van der Waals surface area contributed by atoms with Gasteiger partial charge >= 0.3 is 51.4 Å². The average Bonchev–Trinajstić information content (AvgIpc) is 3.02. The van der Waals surface area contributed by atoms with Crippen LogP contribution in [0.1, 0.15) is 6.92 Å². The Labute approximate surface area is 202 Å². The number of hydrogen-bond donors (Lipinski definition) is 1. The molecule has 11 heteroatoms. The molecular weight excluding hydrogens is 428 g/mol. The van der Waals surface area contributed by atoms with Gasteiger partial charge < -0.3 is 4.90 Å². The molecule has 0 saturated carbocycles. The summed E-state index contributed by atoms with van der Waals surface area (Å²) in [7, 11) is -4.15. The summed E-state index contributed by atoms with van der Waals surface area (Å²) in [6, 6.07) is 7.88. The van der Waals surface area contributed by atoms with E-state index in [4.69, 9.17) is 16.8 Å². The zero-order valence-corrected chi connectivity index (χ0v) is 15.9. The molecule has 2 aliphatic heterocycles. The molecule has 1 aromatic rings. The Kier molecular flexibility index (Phi) is 7.62. The normalized spacial score (nSPS) is 20.1. The van der Waals surface area contributed by atoms with Gasteiger partial charge in [0.2, 0.25) is 0 Å². The minimum atomic E-state index is -4.15. The Morgan fingerprint density at radius 3 is 2.52 bits per heavy atom. The summed E-state index contributed by atoms with van der Waals surface area (Å²) in [6.45, 7) is 2.56. The molecule has 0 aromatic heterocycles. The van der Waals surface area contributed by atoms with Crippen molar-refractivity contribution in [3.8, 4) is 0 Å². The number of fused-ring (bicyclic) bond motifs is 1. The summed E-state index contributed by atoms with van der Waals surface area (Å²) in [5.41, 5.74) is 1.04. The summed E-state index contributed by atoms with van der Waals surface area (Å²) >= 11 is 7.88. The number of thiocarbonyl (C=S) groups is 1. The maximum atomic E-state index is 12.7. The molecule has 2 heterocycles. The van der Waals surface area contributed by atoms with Crippen LogP contribution in [-0.4, -0.2) is 98.3 Å². The van der Waals surface area contributed by atoms with E-state index in [1.165, 1.54) is 28.4 Å². The summed E-state index contributed by atoms with van der Waals surface area (Å²) < 4.78 is 31.0. The summed E-state index contributed by atoms with van der Waals surface area (Å²) in [5.74, 6) is -0.852. The molecule has 25 heavy (non-hydrogen) atoms. The van der Waals surface area contributed by atoms with Gasteiger partial charge in [-0.2, -0.15) is 8.42 Å². The van der Waals surface area contributed by atoms with Crippen LogP contribution in [0, 0.1) is 0 Å². The molecule has 0 aliphatic carbocycles. The number of nitrogens with zero attached hydrogens (tertiary/aromatic N) is 2. The summed E-state index contributed by atoms with van der Waals surface area (Å²) in [5, 5.41) is 0.811. The third-order valence-corrected chi connectivity index (χ3v) is 6.99. The topological polar surface area (TPSA) is 77.9 Å². The number of thioether (sulfide) groups is 2. The first-order valence-electron chi connectivity index (χ1n) is 7.09. The van der Waals surface area contributed by atoms with Gasteiger partial charge in [-0.1, -0.05) is 47.9 Å². The van der Waals surface area contributed by atoms with Crippen LogP contribution in [0.25, 0.3) is 0 Å². The molecule has 6 nitrogen and oxygen atoms in total. The van der Waals surface area contributed by atoms with Gasteiger partial charge in [0.1, 0.15) is 14.3 Å². The molecular formula is C14H15KN2O4S4. The number of benzene rings is 1. The first-order valence-corrected chi connectivity index (χ1v) is 10.7. The van der Waals surface area contributed by atoms with Crippen LogP contribution in [0.3, 0.4) is 0 Å². The fraction of sp³-hybridized carbons (Fsp3) is 0.286. The molecule has 0 radical (unpaired) electrons. The molecule has 0 bridgehead atoms. The second-order valence-electron chi connectivity index (χ2n) is 5.06. The van der Waals surface area contributed by atoms with Crippen molar-refractivity contribution >= 4 is 113 Å². The van der Waals surface area contributed by atoms with Crippen molar-refractivity contribution in [1.82, 2.24) is 4.90 Å². The van der Waals surface area contributed by atoms with Crippen LogP contribution in [0.15, 0.2) is 39.1 Å². The molecule has 2 aliphatic rings. The fourth-order valence-electron chi connectivity index (χ4n) is 2.44. The molecule has 130 valence electrons. The molecule has 1 aromatic carbocycles. The number of carbonyl (C=O) groups is 1. The first kappa shape index (κ1) is 21.9. The quantitative estimate of drug-likeness (QED) is 0.328. The van der Waals surface area contributed by atoms with E-state index >= 15 is 0 Å². The Bertz CT molecular complexity index is 856. The molecule has 1 amide bonds. The number of hydrogen-bond acceptors (Lipinski definition) is 7. The molecule has 1 N–H and O–H groups in total. The van der Waals surface area contributed by atoms with Crippen LogP contribution in [0.5, 0.6) is 0 Å². The van der Waals surface area contributed by atoms with Crippen LogP contribution < -0.4 is 4.90 Å². The van der Waals surface area contributed by atoms with Crippen molar-refractivity contribution in [1.29, 1.82) is 0 Å². The molecule has 1 saturated heterocycles. The van der Waals surface area contributed by atoms with E-state index in [1.807, 2.05) is 31.2 Å². The summed E-state index contributed by atoms with van der Waals surface area (Å²) in [4.78, 5) is 17.5. The standard InChI is InChI=1S/C14H14N2O4S4.K.H/c1-2-15-9-5-3-4-6-10(9)22-13(15)11-12(17)16(14(21)23-11)7-8-24(18,19)20;;/h3-6H,2,7-8H2,1H3,(H,18,19,20);;. The van der Waals surface area contributed by atoms with Crippen molar-refractivity contribution in [3.05, 3.63) is 34.2 Å². The second-order valence-corrected chi connectivity index (χ2v) is 9.31. The van der Waals surface area contributed by atoms with E-state index in [1.54, 1.807) is 0 Å². The summed E-state index contributed by atoms with van der Waals surface area (Å²) in [6.07, 6.45) is 0. The van der Waals surface area contributed by atoms with Crippen molar-refractivity contribution in [2.45, 2.75) is 11.8 Å². The molecule has 1 fully saturated rings. The van der Waals surface area contributed by atoms with E-state index in [-0.39, 0.29) is 63.8 Å². The average molecular weight is 443 g/mol. The molecule has 0 atom stereocenters. The van der Waals surface area contributed by atoms with Gasteiger partial charge in [0.25, 0.3) is 16.0 Å². The molecule has 3 rings (SSSR count). The predicted molar refractivity (Wildman–Crippen MR) is 108 cm³/mol. The van der Waals surface area contributed by atoms with Crippen molar-refractivity contribution < 1.29 is 17.8 Å². The van der Waals surface area contributed by atoms with E-state index in [0.29, 0.717) is 15.8 Å². The molecule has 0 unspecified atom stereocenters. The van der Waals surface area contributed by atoms with Crippen molar-refractivity contribution in [2.75, 3.05) is 23.7 Å². The van der Waals surface area contributed by atoms with E-state index in [9.17, 15) is 13.2 Å². The predicted octanol–water partition coefficient (Wildman–Crippen LogP) is 1.89. The number of carbonyl (C=O) groups excluding carboxylic acids is 1. The number of anilines is 1. The van der Waals surface area contributed by atoms with Crippen LogP contribution in [0.4, 0.5) is 5.69 Å². The number of para-hydroxylation sites is 1. The van der Waals surface area contributed by atoms with Gasteiger partial charge in [-0.05, 0) is 19.1 Å². The van der Waals surface area contributed by atoms with Crippen LogP contribution in [-0.2, 0) is 14.9 Å². The number of rotatable bonds is 4. The Hall–Kier alpha value is 0.566. The zero-order chi connectivity index (χ0) is 17.5. The van der Waals surface area contributed by atoms with Gasteiger partial charge in [-0.15, -0.1) is 0 Å². The van der Waals surface area contributed by atoms with E-state index in [0.717, 1.165) is 15.6 Å². The van der Waals surface area contributed by atoms with Gasteiger partial charge in [-0.3, -0.25) is 14.2 Å². The Morgan fingerprint density at radius 2 is 1.88 bits per heavy atom. The zero-order valence-electron chi connectivity index (χ0n) is 12.6. The second kappa shape index (κ2) is 8.72. The van der Waals surface area contributed by atoms with Crippen molar-refractivity contribution in [2.24, 2.45) is 0 Å². The fourth-order valence-corrected chi connectivity index (χ4v) is 5.54. The number of amides is 1. The van der Waals surface area contributed by atoms with Crippen LogP contribution in [0.2, 0.25) is 0 Å². The maximum absolute atomic E-state index is 12.7. The minimum absolute atomic E-state index is 0. The van der Waals surface area contributed by atoms with E-state index in [2.05, 4.69) is 4.90 Å². The Balaban J connectivity index is 0.00000225. The monoisotopic (exact) mass is 442 g/mol. The van der Waals surface area contributed by atoms with E-state index < -0.39 is 15.9 Å². The third kappa shape index (κ3) is 4.70. The third-order valence-electron chi connectivity index (χ3n) is 3.54.